The van der Waals surface area contributed by atoms with Crippen molar-refractivity contribution in [1.82, 2.24) is 0 Å². The minimum absolute atomic E-state index is 0.532. The Labute approximate surface area is 151 Å². The Morgan fingerprint density at radius 1 is 0.920 bits per heavy atom. The maximum atomic E-state index is 6.09. The van der Waals surface area contributed by atoms with Gasteiger partial charge in [0.2, 0.25) is 0 Å². The largest absolute Gasteiger partial charge is 0.488 e. The molecule has 0 aromatic heterocycles. The first-order valence-electron chi connectivity index (χ1n) is 8.32. The zero-order chi connectivity index (χ0) is 17.5. The smallest absolute Gasteiger partial charge is 0.127 e. The summed E-state index contributed by atoms with van der Waals surface area (Å²) in [6.07, 6.45) is 1.93. The lowest BCUT2D eigenvalue weighted by molar-refractivity contribution is 0.309. The van der Waals surface area contributed by atoms with Crippen molar-refractivity contribution in [3.05, 3.63) is 89.5 Å². The molecule has 0 aliphatic carbocycles. The van der Waals surface area contributed by atoms with Crippen molar-refractivity contribution in [1.29, 1.82) is 0 Å². The Hall–Kier alpha value is -2.44. The maximum Gasteiger partial charge on any atom is 0.127 e. The molecule has 0 spiro atoms. The molecule has 3 aromatic carbocycles. The van der Waals surface area contributed by atoms with Gasteiger partial charge in [0.05, 0.1) is 0 Å². The van der Waals surface area contributed by atoms with Gasteiger partial charge in [0.15, 0.2) is 0 Å². The normalized spacial score (nSPS) is 11.4. The summed E-state index contributed by atoms with van der Waals surface area (Å²) in [7, 11) is 2.34. The second kappa shape index (κ2) is 8.60. The lowest BCUT2D eigenvalue weighted by Gasteiger charge is -2.13. The summed E-state index contributed by atoms with van der Waals surface area (Å²) >= 11 is 0. The van der Waals surface area contributed by atoms with Crippen molar-refractivity contribution in [2.45, 2.75) is 13.5 Å². The summed E-state index contributed by atoms with van der Waals surface area (Å²) in [5, 5.41) is 2.50. The molecule has 25 heavy (non-hydrogen) atoms. The van der Waals surface area contributed by atoms with Crippen LogP contribution in [-0.2, 0) is 6.61 Å². The predicted molar refractivity (Wildman–Crippen MR) is 109 cm³/mol. The first-order chi connectivity index (χ1) is 12.3. The first kappa shape index (κ1) is 17.4. The Morgan fingerprint density at radius 3 is 2.48 bits per heavy atom. The number of ether oxygens (including phenoxy) is 1. The molecule has 3 rings (SSSR count). The quantitative estimate of drug-likeness (QED) is 0.482. The average molecular weight is 347 g/mol. The maximum absolute atomic E-state index is 6.09. The number of hydrogen-bond acceptors (Lipinski definition) is 2. The summed E-state index contributed by atoms with van der Waals surface area (Å²) in [6.45, 7) is 2.69. The molecule has 1 atom stereocenters. The summed E-state index contributed by atoms with van der Waals surface area (Å²) < 4.78 is 6.09. The molecule has 0 aliphatic rings. The number of rotatable bonds is 6. The van der Waals surface area contributed by atoms with Gasteiger partial charge in [-0.3, -0.25) is 4.99 Å². The lowest BCUT2D eigenvalue weighted by atomic mass is 10.1. The third-order valence-electron chi connectivity index (χ3n) is 3.87. The molecule has 0 amide bonds. The molecule has 0 fully saturated rings. The van der Waals surface area contributed by atoms with E-state index in [0.29, 0.717) is 15.2 Å². The van der Waals surface area contributed by atoms with Gasteiger partial charge in [0.25, 0.3) is 0 Å². The highest BCUT2D eigenvalue weighted by Gasteiger charge is 2.08. The summed E-state index contributed by atoms with van der Waals surface area (Å²) in [5.41, 5.74) is 3.60. The van der Waals surface area contributed by atoms with Gasteiger partial charge in [-0.25, -0.2) is 0 Å². The molecule has 0 bridgehead atoms. The lowest BCUT2D eigenvalue weighted by Crippen LogP contribution is -2.12. The highest BCUT2D eigenvalue weighted by atomic mass is 31.1. The van der Waals surface area contributed by atoms with Crippen LogP contribution in [-0.4, -0.2) is 13.3 Å². The summed E-state index contributed by atoms with van der Waals surface area (Å²) in [5.74, 6) is 0.949. The van der Waals surface area contributed by atoms with E-state index in [4.69, 9.17) is 4.74 Å². The minimum atomic E-state index is 0.532. The molecular formula is C22H22NOP. The van der Waals surface area contributed by atoms with Crippen molar-refractivity contribution in [3.8, 4) is 5.75 Å². The van der Waals surface area contributed by atoms with Crippen LogP contribution >= 0.6 is 8.58 Å². The van der Waals surface area contributed by atoms with Gasteiger partial charge in [-0.1, -0.05) is 74.8 Å². The van der Waals surface area contributed by atoms with E-state index in [1.54, 1.807) is 0 Å². The Bertz CT molecular complexity index is 859. The van der Waals surface area contributed by atoms with Crippen molar-refractivity contribution in [2.24, 2.45) is 4.99 Å². The van der Waals surface area contributed by atoms with Gasteiger partial charge in [0, 0.05) is 24.1 Å². The van der Waals surface area contributed by atoms with Crippen LogP contribution in [0.2, 0.25) is 0 Å². The predicted octanol–water partition coefficient (Wildman–Crippen LogP) is 4.25. The van der Waals surface area contributed by atoms with Gasteiger partial charge in [0.1, 0.15) is 12.4 Å². The van der Waals surface area contributed by atoms with E-state index in [1.807, 2.05) is 43.6 Å². The molecule has 0 saturated carbocycles. The zero-order valence-corrected chi connectivity index (χ0v) is 15.6. The number of aryl methyl sites for hydroxylation is 1. The molecular weight excluding hydrogens is 325 g/mol. The molecule has 0 radical (unpaired) electrons. The standard InChI is InChI=1S/C22H22NOP/c1-17-12-13-21(19(14-17)15-23-2)25-22-11-7-6-10-20(22)24-16-18-8-4-3-5-9-18/h3-15,25H,16H2,1-2H3/b23-15+. The first-order valence-corrected chi connectivity index (χ1v) is 9.32. The van der Waals surface area contributed by atoms with Crippen LogP contribution in [0.3, 0.4) is 0 Å². The SMILES string of the molecule is C/N=C/c1cc(C)ccc1Pc1ccccc1OCc1ccccc1. The number of hydrogen-bond donors (Lipinski definition) is 0. The Kier molecular flexibility index (Phi) is 5.98. The summed E-state index contributed by atoms with van der Waals surface area (Å²) in [6, 6.07) is 25.1. The topological polar surface area (TPSA) is 21.6 Å². The molecule has 1 unspecified atom stereocenters. The van der Waals surface area contributed by atoms with Crippen molar-refractivity contribution < 1.29 is 4.74 Å². The fourth-order valence-electron chi connectivity index (χ4n) is 2.62. The monoisotopic (exact) mass is 347 g/mol. The van der Waals surface area contributed by atoms with E-state index in [2.05, 4.69) is 54.4 Å². The van der Waals surface area contributed by atoms with Crippen molar-refractivity contribution >= 4 is 25.4 Å². The van der Waals surface area contributed by atoms with Crippen LogP contribution in [0.5, 0.6) is 5.75 Å². The second-order valence-electron chi connectivity index (χ2n) is 5.87. The van der Waals surface area contributed by atoms with Crippen LogP contribution in [0.25, 0.3) is 0 Å². The number of para-hydroxylation sites is 1. The van der Waals surface area contributed by atoms with E-state index < -0.39 is 0 Å². The van der Waals surface area contributed by atoms with Gasteiger partial charge in [-0.15, -0.1) is 0 Å². The van der Waals surface area contributed by atoms with Crippen LogP contribution < -0.4 is 15.3 Å². The molecule has 0 N–H and O–H groups in total. The van der Waals surface area contributed by atoms with Crippen LogP contribution in [0.1, 0.15) is 16.7 Å². The zero-order valence-electron chi connectivity index (χ0n) is 14.6. The van der Waals surface area contributed by atoms with Crippen LogP contribution in [0, 0.1) is 6.92 Å². The molecule has 3 aromatic rings. The third kappa shape index (κ3) is 4.78. The number of benzene rings is 3. The molecule has 0 aliphatic heterocycles. The molecule has 2 nitrogen and oxygen atoms in total. The highest BCUT2D eigenvalue weighted by molar-refractivity contribution is 7.56. The van der Waals surface area contributed by atoms with E-state index >= 15 is 0 Å². The molecule has 126 valence electrons. The second-order valence-corrected chi connectivity index (χ2v) is 7.20. The van der Waals surface area contributed by atoms with Gasteiger partial charge < -0.3 is 4.74 Å². The molecule has 0 saturated heterocycles. The fourth-order valence-corrected chi connectivity index (χ4v) is 3.81. The average Bonchev–Trinajstić information content (AvgIpc) is 2.64. The van der Waals surface area contributed by atoms with Gasteiger partial charge in [-0.05, 0) is 29.9 Å². The van der Waals surface area contributed by atoms with Crippen molar-refractivity contribution in [2.75, 3.05) is 7.05 Å². The van der Waals surface area contributed by atoms with Crippen molar-refractivity contribution in [3.63, 3.8) is 0 Å². The van der Waals surface area contributed by atoms with E-state index in [1.165, 1.54) is 27.3 Å². The summed E-state index contributed by atoms with van der Waals surface area (Å²) in [4.78, 5) is 4.20. The van der Waals surface area contributed by atoms with E-state index in [-0.39, 0.29) is 0 Å². The minimum Gasteiger partial charge on any atom is -0.488 e. The number of nitrogens with zero attached hydrogens (tertiary/aromatic N) is 1. The molecule has 0 heterocycles. The van der Waals surface area contributed by atoms with E-state index in [0.717, 1.165) is 5.75 Å². The van der Waals surface area contributed by atoms with E-state index in [9.17, 15) is 0 Å². The third-order valence-corrected chi connectivity index (χ3v) is 5.28. The van der Waals surface area contributed by atoms with Gasteiger partial charge >= 0.3 is 0 Å². The van der Waals surface area contributed by atoms with Crippen LogP contribution in [0.15, 0.2) is 77.8 Å². The number of aliphatic imine (C=N–C) groups is 1. The van der Waals surface area contributed by atoms with Crippen LogP contribution in [0.4, 0.5) is 0 Å². The Balaban J connectivity index is 1.82. The highest BCUT2D eigenvalue weighted by Crippen LogP contribution is 2.22. The molecule has 3 heteroatoms. The van der Waals surface area contributed by atoms with Gasteiger partial charge in [-0.2, -0.15) is 0 Å². The Morgan fingerprint density at radius 2 is 1.68 bits per heavy atom. The fraction of sp³-hybridized carbons (Fsp3) is 0.136.